The van der Waals surface area contributed by atoms with Gasteiger partial charge in [0.15, 0.2) is 0 Å². The predicted molar refractivity (Wildman–Crippen MR) is 84.6 cm³/mol. The van der Waals surface area contributed by atoms with E-state index in [2.05, 4.69) is 43.1 Å². The van der Waals surface area contributed by atoms with Crippen molar-refractivity contribution in [3.63, 3.8) is 0 Å². The van der Waals surface area contributed by atoms with Crippen molar-refractivity contribution in [3.05, 3.63) is 66.0 Å². The highest BCUT2D eigenvalue weighted by atomic mass is 32.2. The summed E-state index contributed by atoms with van der Waals surface area (Å²) in [5.41, 5.74) is 1.33. The highest BCUT2D eigenvalue weighted by Gasteiger charge is 2.10. The average molecular weight is 289 g/mol. The van der Waals surface area contributed by atoms with Crippen molar-refractivity contribution in [1.29, 1.82) is 0 Å². The van der Waals surface area contributed by atoms with Crippen LogP contribution in [0.1, 0.15) is 18.5 Å². The Balaban J connectivity index is 1.80. The molecule has 1 unspecified atom stereocenters. The molecule has 20 heavy (non-hydrogen) atoms. The molecule has 0 bridgehead atoms. The normalized spacial score (nSPS) is 12.6. The van der Waals surface area contributed by atoms with Gasteiger partial charge in [-0.15, -0.1) is 11.8 Å². The zero-order valence-electron chi connectivity index (χ0n) is 11.9. The van der Waals surface area contributed by atoms with Gasteiger partial charge in [-0.25, -0.2) is 4.39 Å². The minimum atomic E-state index is -0.177. The van der Waals surface area contributed by atoms with E-state index in [9.17, 15) is 4.39 Å². The quantitative estimate of drug-likeness (QED) is 0.714. The van der Waals surface area contributed by atoms with Crippen LogP contribution in [0.4, 0.5) is 4.39 Å². The molecule has 0 aromatic heterocycles. The fraction of sp³-hybridized carbons (Fsp3) is 0.294. The van der Waals surface area contributed by atoms with Gasteiger partial charge in [0, 0.05) is 23.2 Å². The Morgan fingerprint density at radius 1 is 1.05 bits per heavy atom. The van der Waals surface area contributed by atoms with E-state index in [1.165, 1.54) is 17.7 Å². The molecule has 2 aromatic rings. The number of nitrogens with zero attached hydrogens (tertiary/aromatic N) is 1. The number of hydrogen-bond donors (Lipinski definition) is 0. The van der Waals surface area contributed by atoms with Gasteiger partial charge in [-0.1, -0.05) is 30.3 Å². The molecule has 3 heteroatoms. The summed E-state index contributed by atoms with van der Waals surface area (Å²) in [6, 6.07) is 17.6. The van der Waals surface area contributed by atoms with Crippen molar-refractivity contribution in [2.24, 2.45) is 0 Å². The first-order valence-corrected chi connectivity index (χ1v) is 7.79. The lowest BCUT2D eigenvalue weighted by atomic mass is 10.1. The zero-order valence-corrected chi connectivity index (χ0v) is 12.7. The van der Waals surface area contributed by atoms with Crippen LogP contribution in [0, 0.1) is 5.82 Å². The molecule has 0 heterocycles. The second-order valence-corrected chi connectivity index (χ2v) is 6.04. The molecule has 0 spiro atoms. The van der Waals surface area contributed by atoms with Crippen LogP contribution in [-0.2, 0) is 0 Å². The molecule has 0 radical (unpaired) electrons. The topological polar surface area (TPSA) is 3.24 Å². The molecule has 0 saturated carbocycles. The molecule has 0 aliphatic carbocycles. The Bertz CT molecular complexity index is 512. The molecule has 1 atom stereocenters. The van der Waals surface area contributed by atoms with E-state index in [1.54, 1.807) is 11.8 Å². The third-order valence-electron chi connectivity index (χ3n) is 3.47. The van der Waals surface area contributed by atoms with Crippen LogP contribution >= 0.6 is 11.8 Å². The molecule has 2 aromatic carbocycles. The maximum absolute atomic E-state index is 12.8. The lowest BCUT2D eigenvalue weighted by molar-refractivity contribution is 0.278. The molecule has 0 fully saturated rings. The van der Waals surface area contributed by atoms with Gasteiger partial charge in [0.05, 0.1) is 0 Å². The van der Waals surface area contributed by atoms with E-state index in [0.29, 0.717) is 6.04 Å². The van der Waals surface area contributed by atoms with Crippen molar-refractivity contribution in [1.82, 2.24) is 4.90 Å². The van der Waals surface area contributed by atoms with Gasteiger partial charge in [-0.3, -0.25) is 4.90 Å². The minimum absolute atomic E-state index is 0.177. The molecule has 0 N–H and O–H groups in total. The fourth-order valence-electron chi connectivity index (χ4n) is 2.02. The second kappa shape index (κ2) is 7.46. The Morgan fingerprint density at radius 2 is 1.70 bits per heavy atom. The summed E-state index contributed by atoms with van der Waals surface area (Å²) < 4.78 is 12.8. The number of halogens is 1. The molecule has 0 aliphatic rings. The zero-order chi connectivity index (χ0) is 14.4. The summed E-state index contributed by atoms with van der Waals surface area (Å²) in [5, 5.41) is 0. The molecule has 0 aliphatic heterocycles. The van der Waals surface area contributed by atoms with Crippen LogP contribution in [-0.4, -0.2) is 24.2 Å². The van der Waals surface area contributed by atoms with E-state index < -0.39 is 0 Å². The number of benzene rings is 2. The van der Waals surface area contributed by atoms with Crippen LogP contribution in [0.2, 0.25) is 0 Å². The van der Waals surface area contributed by atoms with E-state index in [1.807, 2.05) is 18.2 Å². The molecule has 0 amide bonds. The van der Waals surface area contributed by atoms with Gasteiger partial charge >= 0.3 is 0 Å². The van der Waals surface area contributed by atoms with Crippen LogP contribution in [0.5, 0.6) is 0 Å². The number of thioether (sulfide) groups is 1. The van der Waals surface area contributed by atoms with E-state index in [-0.39, 0.29) is 5.82 Å². The smallest absolute Gasteiger partial charge is 0.123 e. The first-order valence-electron chi connectivity index (χ1n) is 6.80. The molecular formula is C17H20FNS. The summed E-state index contributed by atoms with van der Waals surface area (Å²) in [7, 11) is 2.14. The van der Waals surface area contributed by atoms with Gasteiger partial charge in [0.1, 0.15) is 5.82 Å². The lowest BCUT2D eigenvalue weighted by Crippen LogP contribution is -2.24. The molecule has 0 saturated heterocycles. The first kappa shape index (κ1) is 15.1. The fourth-order valence-corrected chi connectivity index (χ4v) is 2.96. The van der Waals surface area contributed by atoms with Crippen molar-refractivity contribution in [2.45, 2.75) is 17.9 Å². The maximum atomic E-state index is 12.8. The third kappa shape index (κ3) is 4.36. The van der Waals surface area contributed by atoms with Gasteiger partial charge in [0.25, 0.3) is 0 Å². The molecular weight excluding hydrogens is 269 g/mol. The summed E-state index contributed by atoms with van der Waals surface area (Å²) in [6.07, 6.45) is 0. The Morgan fingerprint density at radius 3 is 2.35 bits per heavy atom. The van der Waals surface area contributed by atoms with Crippen LogP contribution in [0.3, 0.4) is 0 Å². The lowest BCUT2D eigenvalue weighted by Gasteiger charge is -2.24. The molecule has 106 valence electrons. The van der Waals surface area contributed by atoms with Gasteiger partial charge in [0.2, 0.25) is 0 Å². The third-order valence-corrected chi connectivity index (χ3v) is 4.46. The van der Waals surface area contributed by atoms with Crippen LogP contribution in [0.25, 0.3) is 0 Å². The van der Waals surface area contributed by atoms with Crippen LogP contribution < -0.4 is 0 Å². The number of hydrogen-bond acceptors (Lipinski definition) is 2. The first-order chi connectivity index (χ1) is 9.66. The van der Waals surface area contributed by atoms with Crippen molar-refractivity contribution >= 4 is 11.8 Å². The average Bonchev–Trinajstić information content (AvgIpc) is 2.49. The Labute approximate surface area is 124 Å². The standard InChI is InChI=1S/C17H20FNS/c1-14(15-6-4-3-5-7-15)19(2)12-13-20-17-10-8-16(18)9-11-17/h3-11,14H,12-13H2,1-2H3. The van der Waals surface area contributed by atoms with E-state index in [4.69, 9.17) is 0 Å². The number of rotatable bonds is 6. The van der Waals surface area contributed by atoms with Gasteiger partial charge in [-0.05, 0) is 43.8 Å². The largest absolute Gasteiger partial charge is 0.299 e. The maximum Gasteiger partial charge on any atom is 0.123 e. The summed E-state index contributed by atoms with van der Waals surface area (Å²) in [4.78, 5) is 3.46. The van der Waals surface area contributed by atoms with Gasteiger partial charge in [-0.2, -0.15) is 0 Å². The van der Waals surface area contributed by atoms with Crippen molar-refractivity contribution in [2.75, 3.05) is 19.3 Å². The van der Waals surface area contributed by atoms with Crippen molar-refractivity contribution in [3.8, 4) is 0 Å². The minimum Gasteiger partial charge on any atom is -0.299 e. The van der Waals surface area contributed by atoms with Crippen LogP contribution in [0.15, 0.2) is 59.5 Å². The predicted octanol–water partition coefficient (Wildman–Crippen LogP) is 4.61. The highest BCUT2D eigenvalue weighted by molar-refractivity contribution is 7.99. The SMILES string of the molecule is CC(c1ccccc1)N(C)CCSc1ccc(F)cc1. The van der Waals surface area contributed by atoms with Gasteiger partial charge < -0.3 is 0 Å². The molecule has 2 rings (SSSR count). The summed E-state index contributed by atoms with van der Waals surface area (Å²) >= 11 is 1.76. The Kier molecular flexibility index (Phi) is 5.62. The molecule has 1 nitrogen and oxygen atoms in total. The van der Waals surface area contributed by atoms with Crippen molar-refractivity contribution < 1.29 is 4.39 Å². The summed E-state index contributed by atoms with van der Waals surface area (Å²) in [5.74, 6) is 0.823. The second-order valence-electron chi connectivity index (χ2n) is 4.87. The van der Waals surface area contributed by atoms with E-state index in [0.717, 1.165) is 17.2 Å². The monoisotopic (exact) mass is 289 g/mol. The van der Waals surface area contributed by atoms with E-state index >= 15 is 0 Å². The summed E-state index contributed by atoms with van der Waals surface area (Å²) in [6.45, 7) is 3.22. The Hall–Kier alpha value is -1.32. The highest BCUT2D eigenvalue weighted by Crippen LogP contribution is 2.21.